The lowest BCUT2D eigenvalue weighted by atomic mass is 10.0. The third kappa shape index (κ3) is 69.3. The van der Waals surface area contributed by atoms with E-state index < -0.39 is 6.10 Å². The van der Waals surface area contributed by atoms with Gasteiger partial charge in [0.2, 0.25) is 0 Å². The van der Waals surface area contributed by atoms with E-state index in [2.05, 4.69) is 106 Å². The summed E-state index contributed by atoms with van der Waals surface area (Å²) in [5.41, 5.74) is 0. The van der Waals surface area contributed by atoms with Crippen molar-refractivity contribution >= 4 is 17.9 Å². The Hall–Kier alpha value is -3.41. The van der Waals surface area contributed by atoms with Crippen molar-refractivity contribution in [1.29, 1.82) is 0 Å². The Kier molecular flexibility index (Phi) is 68.2. The van der Waals surface area contributed by atoms with Crippen molar-refractivity contribution in [3.8, 4) is 0 Å². The standard InChI is InChI=1S/C77H136O6/c1-4-7-10-13-16-19-22-25-27-29-31-33-34-35-36-37-38-39-40-41-42-44-45-47-49-52-55-58-61-64-67-70-76(79)82-73-74(72-81-75(78)69-66-63-60-57-54-51-24-21-18-15-12-9-6-3)83-77(80)71-68-65-62-59-56-53-50-48-46-43-32-30-28-26-23-20-17-14-11-8-5-2/h7,10,12,15-16,19,21,24-25,27,30-33,74H,4-6,8-9,11,13-14,17-18,20,22-23,26,28-29,34-73H2,1-3H3/b10-7-,15-12-,19-16-,24-21-,27-25-,32-30-,33-31-. The molecule has 0 saturated heterocycles. The number of hydrogen-bond donors (Lipinski definition) is 0. The number of carbonyl (C=O) groups excluding carboxylic acids is 3. The number of allylic oxidation sites excluding steroid dienone is 14. The van der Waals surface area contributed by atoms with Gasteiger partial charge in [0.1, 0.15) is 13.2 Å². The molecular formula is C77H136O6. The normalized spacial score (nSPS) is 12.6. The molecule has 0 aliphatic rings. The highest BCUT2D eigenvalue weighted by molar-refractivity contribution is 5.71. The summed E-state index contributed by atoms with van der Waals surface area (Å²) in [5.74, 6) is -0.875. The van der Waals surface area contributed by atoms with Gasteiger partial charge in [-0.3, -0.25) is 14.4 Å². The Bertz CT molecular complexity index is 1570. The highest BCUT2D eigenvalue weighted by Gasteiger charge is 2.19. The summed E-state index contributed by atoms with van der Waals surface area (Å²) in [6.45, 7) is 6.50. The third-order valence-electron chi connectivity index (χ3n) is 15.8. The molecule has 0 heterocycles. The molecule has 6 heteroatoms. The first-order valence-corrected chi connectivity index (χ1v) is 36.1. The van der Waals surface area contributed by atoms with Crippen molar-refractivity contribution in [2.75, 3.05) is 13.2 Å². The topological polar surface area (TPSA) is 78.9 Å². The lowest BCUT2D eigenvalue weighted by Crippen LogP contribution is -2.30. The molecule has 0 fully saturated rings. The number of ether oxygens (including phenoxy) is 3. The summed E-state index contributed by atoms with van der Waals surface area (Å²) < 4.78 is 17.0. The average molecular weight is 1160 g/mol. The zero-order chi connectivity index (χ0) is 59.9. The fraction of sp³-hybridized carbons (Fsp3) is 0.779. The first-order chi connectivity index (χ1) is 41.0. The minimum Gasteiger partial charge on any atom is -0.462 e. The van der Waals surface area contributed by atoms with E-state index in [1.807, 2.05) is 0 Å². The Balaban J connectivity index is 4.20. The molecule has 0 aliphatic carbocycles. The maximum Gasteiger partial charge on any atom is 0.306 e. The number of esters is 3. The highest BCUT2D eigenvalue weighted by Crippen LogP contribution is 2.18. The van der Waals surface area contributed by atoms with Crippen LogP contribution in [-0.2, 0) is 28.6 Å². The van der Waals surface area contributed by atoms with Gasteiger partial charge in [-0.1, -0.05) is 324 Å². The van der Waals surface area contributed by atoms with Crippen LogP contribution in [0.4, 0.5) is 0 Å². The van der Waals surface area contributed by atoms with E-state index in [-0.39, 0.29) is 31.1 Å². The van der Waals surface area contributed by atoms with Crippen LogP contribution in [0.3, 0.4) is 0 Å². The van der Waals surface area contributed by atoms with Crippen LogP contribution >= 0.6 is 0 Å². The molecule has 83 heavy (non-hydrogen) atoms. The number of hydrogen-bond acceptors (Lipinski definition) is 6. The van der Waals surface area contributed by atoms with Crippen molar-refractivity contribution < 1.29 is 28.6 Å². The molecule has 0 aromatic heterocycles. The van der Waals surface area contributed by atoms with E-state index in [0.29, 0.717) is 19.3 Å². The molecular weight excluding hydrogens is 1020 g/mol. The van der Waals surface area contributed by atoms with Gasteiger partial charge in [-0.25, -0.2) is 0 Å². The van der Waals surface area contributed by atoms with Crippen molar-refractivity contribution in [2.45, 2.75) is 374 Å². The van der Waals surface area contributed by atoms with Crippen LogP contribution in [0, 0.1) is 0 Å². The fourth-order valence-electron chi connectivity index (χ4n) is 10.5. The van der Waals surface area contributed by atoms with Gasteiger partial charge in [-0.2, -0.15) is 0 Å². The third-order valence-corrected chi connectivity index (χ3v) is 15.8. The molecule has 0 radical (unpaired) electrons. The smallest absolute Gasteiger partial charge is 0.306 e. The average Bonchev–Trinajstić information content (AvgIpc) is 3.49. The predicted octanol–water partition coefficient (Wildman–Crippen LogP) is 25.0. The second-order valence-electron chi connectivity index (χ2n) is 24.1. The van der Waals surface area contributed by atoms with Crippen LogP contribution in [0.2, 0.25) is 0 Å². The molecule has 0 saturated carbocycles. The van der Waals surface area contributed by atoms with Crippen molar-refractivity contribution in [2.24, 2.45) is 0 Å². The van der Waals surface area contributed by atoms with E-state index in [0.717, 1.165) is 109 Å². The summed E-state index contributed by atoms with van der Waals surface area (Å²) in [4.78, 5) is 38.4. The summed E-state index contributed by atoms with van der Waals surface area (Å²) in [6.07, 6.45) is 94.8. The largest absolute Gasteiger partial charge is 0.462 e. The maximum atomic E-state index is 13.0. The van der Waals surface area contributed by atoms with Gasteiger partial charge in [-0.05, 0) is 109 Å². The predicted molar refractivity (Wildman–Crippen MR) is 362 cm³/mol. The van der Waals surface area contributed by atoms with Gasteiger partial charge in [0.25, 0.3) is 0 Å². The van der Waals surface area contributed by atoms with Crippen molar-refractivity contribution in [3.05, 3.63) is 85.1 Å². The quantitative estimate of drug-likeness (QED) is 0.0261. The van der Waals surface area contributed by atoms with Crippen LogP contribution < -0.4 is 0 Å². The molecule has 0 aromatic rings. The lowest BCUT2D eigenvalue weighted by Gasteiger charge is -2.18. The molecule has 480 valence electrons. The minimum atomic E-state index is -0.783. The summed E-state index contributed by atoms with van der Waals surface area (Å²) in [6, 6.07) is 0. The van der Waals surface area contributed by atoms with Gasteiger partial charge in [0.05, 0.1) is 0 Å². The monoisotopic (exact) mass is 1160 g/mol. The molecule has 0 aromatic carbocycles. The number of carbonyl (C=O) groups is 3. The number of unbranched alkanes of at least 4 members (excludes halogenated alkanes) is 41. The Labute approximate surface area is 515 Å². The van der Waals surface area contributed by atoms with Crippen LogP contribution in [0.15, 0.2) is 85.1 Å². The van der Waals surface area contributed by atoms with E-state index in [1.54, 1.807) is 0 Å². The summed E-state index contributed by atoms with van der Waals surface area (Å²) in [7, 11) is 0. The second-order valence-corrected chi connectivity index (χ2v) is 24.1. The Morgan fingerprint density at radius 1 is 0.253 bits per heavy atom. The Morgan fingerprint density at radius 3 is 0.795 bits per heavy atom. The van der Waals surface area contributed by atoms with E-state index >= 15 is 0 Å². The SMILES string of the molecule is CC/C=C\C/C=C\C/C=C\C/C=C\CCCCCCCCCCCCCCCCCCCCC(=O)OCC(COC(=O)CCCCCCC/C=C\C/C=C\CCC)OC(=O)CCCCCCCCCCC/C=C\CCCCCCCCCC. The van der Waals surface area contributed by atoms with Gasteiger partial charge in [-0.15, -0.1) is 0 Å². The fourth-order valence-corrected chi connectivity index (χ4v) is 10.5. The summed E-state index contributed by atoms with van der Waals surface area (Å²) in [5, 5.41) is 0. The first-order valence-electron chi connectivity index (χ1n) is 36.1. The number of rotatable bonds is 66. The maximum absolute atomic E-state index is 13.0. The molecule has 6 nitrogen and oxygen atoms in total. The highest BCUT2D eigenvalue weighted by atomic mass is 16.6. The van der Waals surface area contributed by atoms with Crippen LogP contribution in [0.25, 0.3) is 0 Å². The van der Waals surface area contributed by atoms with E-state index in [4.69, 9.17) is 14.2 Å². The van der Waals surface area contributed by atoms with Crippen LogP contribution in [0.1, 0.15) is 367 Å². The van der Waals surface area contributed by atoms with Gasteiger partial charge >= 0.3 is 17.9 Å². The van der Waals surface area contributed by atoms with Gasteiger partial charge in [0, 0.05) is 19.3 Å². The Morgan fingerprint density at radius 2 is 0.494 bits per heavy atom. The van der Waals surface area contributed by atoms with Gasteiger partial charge < -0.3 is 14.2 Å². The molecule has 0 aliphatic heterocycles. The molecule has 0 N–H and O–H groups in total. The molecule has 1 unspecified atom stereocenters. The minimum absolute atomic E-state index is 0.0778. The van der Waals surface area contributed by atoms with Crippen molar-refractivity contribution in [1.82, 2.24) is 0 Å². The van der Waals surface area contributed by atoms with Crippen molar-refractivity contribution in [3.63, 3.8) is 0 Å². The summed E-state index contributed by atoms with van der Waals surface area (Å²) >= 11 is 0. The molecule has 0 bridgehead atoms. The molecule has 1 atom stereocenters. The van der Waals surface area contributed by atoms with Crippen LogP contribution in [0.5, 0.6) is 0 Å². The molecule has 0 rings (SSSR count). The second kappa shape index (κ2) is 71.1. The van der Waals surface area contributed by atoms with Crippen LogP contribution in [-0.4, -0.2) is 37.2 Å². The van der Waals surface area contributed by atoms with E-state index in [9.17, 15) is 14.4 Å². The lowest BCUT2D eigenvalue weighted by molar-refractivity contribution is -0.167. The zero-order valence-corrected chi connectivity index (χ0v) is 55.2. The molecule has 0 amide bonds. The first kappa shape index (κ1) is 79.6. The molecule has 0 spiro atoms. The van der Waals surface area contributed by atoms with E-state index in [1.165, 1.54) is 218 Å². The van der Waals surface area contributed by atoms with Gasteiger partial charge in [0.15, 0.2) is 6.10 Å². The zero-order valence-electron chi connectivity index (χ0n) is 55.2.